The fourth-order valence-electron chi connectivity index (χ4n) is 2.03. The summed E-state index contributed by atoms with van der Waals surface area (Å²) in [6.07, 6.45) is -2.97. The third-order valence-electron chi connectivity index (χ3n) is 3.04. The monoisotopic (exact) mass is 278 g/mol. The van der Waals surface area contributed by atoms with Gasteiger partial charge in [0.25, 0.3) is 0 Å². The summed E-state index contributed by atoms with van der Waals surface area (Å²) in [6, 6.07) is 0. The van der Waals surface area contributed by atoms with Crippen LogP contribution in [0, 0.1) is 0 Å². The second-order valence-corrected chi connectivity index (χ2v) is 4.41. The van der Waals surface area contributed by atoms with Crippen molar-refractivity contribution in [2.24, 2.45) is 7.05 Å². The average molecular weight is 278 g/mol. The molecule has 1 amide bonds. The number of aromatic nitrogens is 3. The standard InChI is InChI=1S/C10H13F3N4O2/c1-15-8(10(11,12)13)14-17(9(15)19)6-7(18)16-4-2-3-5-16/h2-6H2,1H3. The van der Waals surface area contributed by atoms with Gasteiger partial charge in [-0.25, -0.2) is 9.48 Å². The number of hydrogen-bond acceptors (Lipinski definition) is 3. The molecule has 9 heteroatoms. The Morgan fingerprint density at radius 3 is 2.37 bits per heavy atom. The third kappa shape index (κ3) is 2.64. The van der Waals surface area contributed by atoms with E-state index < -0.39 is 24.2 Å². The molecular weight excluding hydrogens is 265 g/mol. The van der Waals surface area contributed by atoms with Crippen molar-refractivity contribution in [2.45, 2.75) is 25.6 Å². The Labute approximate surface area is 106 Å². The zero-order valence-corrected chi connectivity index (χ0v) is 10.3. The number of alkyl halides is 3. The summed E-state index contributed by atoms with van der Waals surface area (Å²) >= 11 is 0. The van der Waals surface area contributed by atoms with Gasteiger partial charge in [-0.2, -0.15) is 13.2 Å². The fourth-order valence-corrected chi connectivity index (χ4v) is 2.03. The first-order chi connectivity index (χ1) is 8.80. The van der Waals surface area contributed by atoms with Crippen molar-refractivity contribution in [1.29, 1.82) is 0 Å². The van der Waals surface area contributed by atoms with Crippen LogP contribution in [0.15, 0.2) is 4.79 Å². The summed E-state index contributed by atoms with van der Waals surface area (Å²) in [7, 11) is 0.981. The van der Waals surface area contributed by atoms with Crippen LogP contribution in [0.4, 0.5) is 13.2 Å². The Bertz CT molecular complexity index is 540. The summed E-state index contributed by atoms with van der Waals surface area (Å²) in [5.41, 5.74) is -0.945. The van der Waals surface area contributed by atoms with Gasteiger partial charge in [0.2, 0.25) is 11.7 Å². The number of carbonyl (C=O) groups excluding carboxylic acids is 1. The van der Waals surface area contributed by atoms with Gasteiger partial charge >= 0.3 is 11.9 Å². The Morgan fingerprint density at radius 2 is 1.89 bits per heavy atom. The Morgan fingerprint density at radius 1 is 1.32 bits per heavy atom. The molecule has 0 unspecified atom stereocenters. The molecule has 1 aliphatic rings. The highest BCUT2D eigenvalue weighted by atomic mass is 19.4. The van der Waals surface area contributed by atoms with Crippen molar-refractivity contribution < 1.29 is 18.0 Å². The maximum absolute atomic E-state index is 12.5. The van der Waals surface area contributed by atoms with Crippen LogP contribution in [0.25, 0.3) is 0 Å². The number of rotatable bonds is 2. The summed E-state index contributed by atoms with van der Waals surface area (Å²) < 4.78 is 38.6. The van der Waals surface area contributed by atoms with Gasteiger partial charge in [0, 0.05) is 20.1 Å². The lowest BCUT2D eigenvalue weighted by atomic mass is 10.4. The number of likely N-dealkylation sites (tertiary alicyclic amines) is 1. The molecule has 1 saturated heterocycles. The molecule has 0 spiro atoms. The Hall–Kier alpha value is -1.80. The third-order valence-corrected chi connectivity index (χ3v) is 3.04. The molecule has 6 nitrogen and oxygen atoms in total. The van der Waals surface area contributed by atoms with Gasteiger partial charge in [-0.15, -0.1) is 5.10 Å². The molecule has 106 valence electrons. The number of hydrogen-bond donors (Lipinski definition) is 0. The lowest BCUT2D eigenvalue weighted by Gasteiger charge is -2.14. The number of nitrogens with zero attached hydrogens (tertiary/aromatic N) is 4. The summed E-state index contributed by atoms with van der Waals surface area (Å²) in [4.78, 5) is 24.9. The van der Waals surface area contributed by atoms with Crippen LogP contribution in [-0.4, -0.2) is 38.2 Å². The van der Waals surface area contributed by atoms with Crippen molar-refractivity contribution >= 4 is 5.91 Å². The lowest BCUT2D eigenvalue weighted by molar-refractivity contribution is -0.147. The molecule has 0 N–H and O–H groups in total. The first-order valence-electron chi connectivity index (χ1n) is 5.79. The molecule has 0 bridgehead atoms. The quantitative estimate of drug-likeness (QED) is 0.777. The summed E-state index contributed by atoms with van der Waals surface area (Å²) in [6.45, 7) is 0.696. The second kappa shape index (κ2) is 4.71. The first-order valence-corrected chi connectivity index (χ1v) is 5.79. The molecule has 1 fully saturated rings. The molecule has 1 aromatic heterocycles. The minimum Gasteiger partial charge on any atom is -0.341 e. The minimum absolute atomic E-state index is 0.383. The number of halogens is 3. The van der Waals surface area contributed by atoms with Gasteiger partial charge in [-0.05, 0) is 12.8 Å². The zero-order valence-electron chi connectivity index (χ0n) is 10.3. The Kier molecular flexibility index (Phi) is 3.38. The van der Waals surface area contributed by atoms with Crippen LogP contribution in [0.1, 0.15) is 18.7 Å². The van der Waals surface area contributed by atoms with Crippen molar-refractivity contribution in [3.63, 3.8) is 0 Å². The van der Waals surface area contributed by atoms with Crippen LogP contribution in [-0.2, 0) is 24.6 Å². The predicted molar refractivity (Wildman–Crippen MR) is 58.3 cm³/mol. The molecule has 1 aromatic rings. The molecule has 2 rings (SSSR count). The highest BCUT2D eigenvalue weighted by molar-refractivity contribution is 5.76. The van der Waals surface area contributed by atoms with Crippen LogP contribution in [0.5, 0.6) is 0 Å². The first kappa shape index (κ1) is 13.6. The number of amides is 1. The molecule has 0 aromatic carbocycles. The van der Waals surface area contributed by atoms with Crippen LogP contribution >= 0.6 is 0 Å². The molecule has 0 atom stereocenters. The fraction of sp³-hybridized carbons (Fsp3) is 0.700. The average Bonchev–Trinajstić information content (AvgIpc) is 2.91. The van der Waals surface area contributed by atoms with Crippen molar-refractivity contribution in [3.8, 4) is 0 Å². The van der Waals surface area contributed by atoms with Gasteiger partial charge in [0.15, 0.2) is 0 Å². The smallest absolute Gasteiger partial charge is 0.341 e. The van der Waals surface area contributed by atoms with Crippen molar-refractivity contribution in [3.05, 3.63) is 16.3 Å². The Balaban J connectivity index is 2.22. The van der Waals surface area contributed by atoms with E-state index in [1.165, 1.54) is 4.90 Å². The highest BCUT2D eigenvalue weighted by Crippen LogP contribution is 2.26. The SMILES string of the molecule is Cn1c(C(F)(F)F)nn(CC(=O)N2CCCC2)c1=O. The van der Waals surface area contributed by atoms with Gasteiger partial charge in [-0.1, -0.05) is 0 Å². The second-order valence-electron chi connectivity index (χ2n) is 4.41. The maximum atomic E-state index is 12.5. The summed E-state index contributed by atoms with van der Waals surface area (Å²) in [5.74, 6) is -1.68. The van der Waals surface area contributed by atoms with E-state index in [4.69, 9.17) is 0 Å². The lowest BCUT2D eigenvalue weighted by Crippen LogP contribution is -2.35. The summed E-state index contributed by atoms with van der Waals surface area (Å²) in [5, 5.41) is 3.19. The topological polar surface area (TPSA) is 60.1 Å². The van der Waals surface area contributed by atoms with E-state index in [0.717, 1.165) is 19.9 Å². The van der Waals surface area contributed by atoms with Gasteiger partial charge < -0.3 is 4.90 Å². The van der Waals surface area contributed by atoms with Gasteiger partial charge in [0.1, 0.15) is 6.54 Å². The maximum Gasteiger partial charge on any atom is 0.451 e. The van der Waals surface area contributed by atoms with E-state index in [-0.39, 0.29) is 5.91 Å². The van der Waals surface area contributed by atoms with E-state index in [0.29, 0.717) is 22.3 Å². The van der Waals surface area contributed by atoms with Crippen LogP contribution in [0.3, 0.4) is 0 Å². The van der Waals surface area contributed by atoms with E-state index in [2.05, 4.69) is 5.10 Å². The van der Waals surface area contributed by atoms with E-state index in [1.807, 2.05) is 0 Å². The molecule has 0 saturated carbocycles. The van der Waals surface area contributed by atoms with E-state index >= 15 is 0 Å². The van der Waals surface area contributed by atoms with E-state index in [9.17, 15) is 22.8 Å². The van der Waals surface area contributed by atoms with Gasteiger partial charge in [-0.3, -0.25) is 9.36 Å². The molecule has 2 heterocycles. The molecule has 1 aliphatic heterocycles. The zero-order chi connectivity index (χ0) is 14.2. The van der Waals surface area contributed by atoms with E-state index in [1.54, 1.807) is 0 Å². The largest absolute Gasteiger partial charge is 0.451 e. The van der Waals surface area contributed by atoms with Crippen molar-refractivity contribution in [1.82, 2.24) is 19.2 Å². The van der Waals surface area contributed by atoms with Gasteiger partial charge in [0.05, 0.1) is 0 Å². The minimum atomic E-state index is -4.71. The predicted octanol–water partition coefficient (Wildman–Crippen LogP) is 0.223. The highest BCUT2D eigenvalue weighted by Gasteiger charge is 2.38. The van der Waals surface area contributed by atoms with Crippen LogP contribution < -0.4 is 5.69 Å². The van der Waals surface area contributed by atoms with Crippen LogP contribution in [0.2, 0.25) is 0 Å². The molecular formula is C10H13F3N4O2. The normalized spacial score (nSPS) is 16.1. The molecule has 19 heavy (non-hydrogen) atoms. The molecule has 0 aliphatic carbocycles. The molecule has 0 radical (unpaired) electrons. The van der Waals surface area contributed by atoms with Crippen molar-refractivity contribution in [2.75, 3.05) is 13.1 Å². The number of carbonyl (C=O) groups is 1.